The van der Waals surface area contributed by atoms with Gasteiger partial charge in [-0.15, -0.1) is 0 Å². The third-order valence-electron chi connectivity index (χ3n) is 7.66. The first-order valence-electron chi connectivity index (χ1n) is 11.0. The van der Waals surface area contributed by atoms with E-state index in [4.69, 9.17) is 0 Å². The summed E-state index contributed by atoms with van der Waals surface area (Å²) >= 11 is 0. The Balaban J connectivity index is 1.73. The maximum atomic E-state index is 13.6. The van der Waals surface area contributed by atoms with Crippen molar-refractivity contribution in [1.82, 2.24) is 0 Å². The van der Waals surface area contributed by atoms with Crippen molar-refractivity contribution in [1.29, 1.82) is 0 Å². The van der Waals surface area contributed by atoms with Gasteiger partial charge in [0, 0.05) is 22.3 Å². The molecule has 3 aromatic rings. The molecular formula is C26H21NO8. The normalized spacial score (nSPS) is 28.8. The number of ketones is 2. The van der Waals surface area contributed by atoms with Crippen LogP contribution in [0, 0.1) is 0 Å². The third-order valence-corrected chi connectivity index (χ3v) is 7.66. The number of anilines is 1. The van der Waals surface area contributed by atoms with Crippen molar-refractivity contribution in [2.75, 3.05) is 5.32 Å². The van der Waals surface area contributed by atoms with Gasteiger partial charge in [0.1, 0.15) is 17.6 Å². The lowest BCUT2D eigenvalue weighted by Gasteiger charge is -2.59. The zero-order valence-corrected chi connectivity index (χ0v) is 18.4. The van der Waals surface area contributed by atoms with Crippen LogP contribution in [-0.4, -0.2) is 53.9 Å². The molecule has 0 aromatic heterocycles. The Kier molecular flexibility index (Phi) is 4.15. The predicted octanol–water partition coefficient (Wildman–Crippen LogP) is 1.39. The lowest BCUT2D eigenvalue weighted by atomic mass is 9.57. The molecule has 0 spiro atoms. The molecule has 7 N–H and O–H groups in total. The van der Waals surface area contributed by atoms with Gasteiger partial charge in [-0.25, -0.2) is 0 Å². The average molecular weight is 475 g/mol. The summed E-state index contributed by atoms with van der Waals surface area (Å²) in [5.74, 6) is -2.15. The average Bonchev–Trinajstić information content (AvgIpc) is 2.83. The lowest BCUT2D eigenvalue weighted by molar-refractivity contribution is -0.263. The minimum Gasteiger partial charge on any atom is -0.508 e. The largest absolute Gasteiger partial charge is 0.508 e. The molecule has 3 aromatic carbocycles. The summed E-state index contributed by atoms with van der Waals surface area (Å²) in [5, 5.41) is 70.4. The molecule has 0 amide bonds. The Morgan fingerprint density at radius 3 is 2.17 bits per heavy atom. The van der Waals surface area contributed by atoms with Gasteiger partial charge in [-0.3, -0.25) is 9.59 Å². The molecule has 3 aliphatic rings. The summed E-state index contributed by atoms with van der Waals surface area (Å²) in [6.07, 6.45) is -3.53. The van der Waals surface area contributed by atoms with Crippen LogP contribution in [0.25, 0.3) is 0 Å². The number of nitrogens with one attached hydrogen (secondary N) is 1. The Bertz CT molecular complexity index is 1480. The highest BCUT2D eigenvalue weighted by molar-refractivity contribution is 6.31. The van der Waals surface area contributed by atoms with Gasteiger partial charge in [0.2, 0.25) is 0 Å². The van der Waals surface area contributed by atoms with E-state index in [1.165, 1.54) is 37.3 Å². The number of phenolic OH excluding ortho intramolecular Hbond substituents is 2. The Morgan fingerprint density at radius 2 is 1.54 bits per heavy atom. The van der Waals surface area contributed by atoms with Crippen LogP contribution in [0.15, 0.2) is 48.5 Å². The second kappa shape index (κ2) is 6.67. The number of aromatic hydroxyl groups is 2. The number of hydrogen-bond donors (Lipinski definition) is 7. The molecule has 9 nitrogen and oxygen atoms in total. The number of carbonyl (C=O) groups excluding carboxylic acids is 2. The molecule has 0 unspecified atom stereocenters. The van der Waals surface area contributed by atoms with Gasteiger partial charge in [-0.2, -0.15) is 0 Å². The molecule has 35 heavy (non-hydrogen) atoms. The van der Waals surface area contributed by atoms with E-state index < -0.39 is 46.8 Å². The molecule has 1 aliphatic heterocycles. The molecule has 2 aliphatic carbocycles. The molecule has 2 bridgehead atoms. The number of rotatable bonds is 1. The first-order valence-corrected chi connectivity index (χ1v) is 11.0. The van der Waals surface area contributed by atoms with Crippen molar-refractivity contribution in [3.63, 3.8) is 0 Å². The smallest absolute Gasteiger partial charge is 0.198 e. The molecular weight excluding hydrogens is 454 g/mol. The Hall–Kier alpha value is -3.76. The topological polar surface area (TPSA) is 168 Å². The van der Waals surface area contributed by atoms with Gasteiger partial charge in [0.15, 0.2) is 22.8 Å². The first-order chi connectivity index (χ1) is 16.5. The van der Waals surface area contributed by atoms with Gasteiger partial charge in [0.25, 0.3) is 0 Å². The second-order valence-corrected chi connectivity index (χ2v) is 9.30. The molecule has 9 heteroatoms. The number of aliphatic hydroxyl groups excluding tert-OH is 2. The number of phenols is 2. The van der Waals surface area contributed by atoms with Crippen molar-refractivity contribution >= 4 is 17.3 Å². The van der Waals surface area contributed by atoms with E-state index in [1.54, 1.807) is 12.1 Å². The Morgan fingerprint density at radius 1 is 0.914 bits per heavy atom. The summed E-state index contributed by atoms with van der Waals surface area (Å²) in [4.78, 5) is 26.8. The molecule has 5 atom stereocenters. The minimum absolute atomic E-state index is 0.0236. The van der Waals surface area contributed by atoms with E-state index in [0.29, 0.717) is 0 Å². The van der Waals surface area contributed by atoms with E-state index in [1.807, 2.05) is 0 Å². The quantitative estimate of drug-likeness (QED) is 0.201. The summed E-state index contributed by atoms with van der Waals surface area (Å²) < 4.78 is 0. The molecule has 0 saturated carbocycles. The zero-order valence-electron chi connectivity index (χ0n) is 18.4. The van der Waals surface area contributed by atoms with Gasteiger partial charge in [-0.05, 0) is 24.6 Å². The van der Waals surface area contributed by atoms with E-state index >= 15 is 0 Å². The van der Waals surface area contributed by atoms with Crippen LogP contribution < -0.4 is 5.32 Å². The summed E-state index contributed by atoms with van der Waals surface area (Å²) in [7, 11) is 0. The van der Waals surface area contributed by atoms with Gasteiger partial charge in [0.05, 0.1) is 29.0 Å². The second-order valence-electron chi connectivity index (χ2n) is 9.30. The highest BCUT2D eigenvalue weighted by atomic mass is 16.4. The van der Waals surface area contributed by atoms with E-state index in [0.717, 1.165) is 6.07 Å². The van der Waals surface area contributed by atoms with Crippen LogP contribution >= 0.6 is 0 Å². The number of hydrogen-bond acceptors (Lipinski definition) is 9. The van der Waals surface area contributed by atoms with Crippen molar-refractivity contribution in [2.45, 2.75) is 36.4 Å². The van der Waals surface area contributed by atoms with Crippen LogP contribution in [0.1, 0.15) is 67.6 Å². The van der Waals surface area contributed by atoms with Crippen molar-refractivity contribution in [3.05, 3.63) is 87.5 Å². The maximum absolute atomic E-state index is 13.6. The maximum Gasteiger partial charge on any atom is 0.198 e. The van der Waals surface area contributed by atoms with Crippen LogP contribution in [0.3, 0.4) is 0 Å². The molecule has 0 saturated heterocycles. The van der Waals surface area contributed by atoms with Gasteiger partial charge < -0.3 is 36.0 Å². The monoisotopic (exact) mass is 475 g/mol. The Labute approximate surface area is 198 Å². The molecule has 6 rings (SSSR count). The number of benzene rings is 3. The van der Waals surface area contributed by atoms with Crippen molar-refractivity contribution < 1.29 is 40.2 Å². The van der Waals surface area contributed by atoms with Crippen molar-refractivity contribution in [3.8, 4) is 11.5 Å². The van der Waals surface area contributed by atoms with Gasteiger partial charge >= 0.3 is 0 Å². The van der Waals surface area contributed by atoms with Crippen LogP contribution in [0.2, 0.25) is 0 Å². The predicted molar refractivity (Wildman–Crippen MR) is 121 cm³/mol. The molecule has 178 valence electrons. The van der Waals surface area contributed by atoms with Crippen molar-refractivity contribution in [2.24, 2.45) is 0 Å². The minimum atomic E-state index is -2.64. The standard InChI is InChI=1S/C26H21NO8/c1-10(28)25(34)23-17-13(7-4-8-15(17)29)24(33)26(25,35)14-9-16(30)18-19(20(14)27-23)22(32)12-6-3-2-5-11(12)21(18)31/h2-10,23-24,27-30,33-35H,1H3/t10-,23-,24-,25-,26+/m1/s1. The fourth-order valence-corrected chi connectivity index (χ4v) is 5.98. The first kappa shape index (κ1) is 21.8. The third kappa shape index (κ3) is 2.31. The fraction of sp³-hybridized carbons (Fsp3) is 0.231. The molecule has 1 heterocycles. The molecule has 0 fully saturated rings. The molecule has 0 radical (unpaired) electrons. The number of fused-ring (bicyclic) bond motifs is 9. The fourth-order valence-electron chi connectivity index (χ4n) is 5.98. The van der Waals surface area contributed by atoms with E-state index in [9.17, 15) is 40.2 Å². The summed E-state index contributed by atoms with van der Waals surface area (Å²) in [6.45, 7) is 1.21. The van der Waals surface area contributed by atoms with Crippen LogP contribution in [0.5, 0.6) is 11.5 Å². The van der Waals surface area contributed by atoms with Crippen LogP contribution in [-0.2, 0) is 5.60 Å². The SMILES string of the molecule is C[C@@H](O)[C@@]1(O)[C@@H]2Nc3c(cc(O)c4c3C(=O)c3ccccc3C4=O)[C@]1(O)[C@H](O)c1cccc(O)c12. The van der Waals surface area contributed by atoms with Gasteiger partial charge in [-0.1, -0.05) is 36.4 Å². The highest BCUT2D eigenvalue weighted by Gasteiger charge is 2.69. The summed E-state index contributed by atoms with van der Waals surface area (Å²) in [5.41, 5.74) is -5.70. The van der Waals surface area contributed by atoms with Crippen LogP contribution in [0.4, 0.5) is 5.69 Å². The lowest BCUT2D eigenvalue weighted by Crippen LogP contribution is -2.70. The number of carbonyl (C=O) groups is 2. The highest BCUT2D eigenvalue weighted by Crippen LogP contribution is 2.63. The van der Waals surface area contributed by atoms with E-state index in [2.05, 4.69) is 5.32 Å². The zero-order chi connectivity index (χ0) is 25.0. The summed E-state index contributed by atoms with van der Waals surface area (Å²) in [6, 6.07) is 9.97. The van der Waals surface area contributed by atoms with E-state index in [-0.39, 0.29) is 50.4 Å². The number of aliphatic hydroxyl groups is 4.